The van der Waals surface area contributed by atoms with E-state index < -0.39 is 0 Å². The van der Waals surface area contributed by atoms with E-state index in [2.05, 4.69) is 5.32 Å². The van der Waals surface area contributed by atoms with Gasteiger partial charge in [-0.2, -0.15) is 0 Å². The summed E-state index contributed by atoms with van der Waals surface area (Å²) >= 11 is 0. The zero-order valence-electron chi connectivity index (χ0n) is 18.0. The molecule has 2 amide bonds. The van der Waals surface area contributed by atoms with Crippen LogP contribution in [0.3, 0.4) is 0 Å². The molecule has 1 heterocycles. The van der Waals surface area contributed by atoms with Gasteiger partial charge in [-0.05, 0) is 31.9 Å². The maximum atomic E-state index is 12.9. The normalized spacial score (nSPS) is 14.1. The van der Waals surface area contributed by atoms with Gasteiger partial charge in [0.2, 0.25) is 11.7 Å². The molecule has 0 radical (unpaired) electrons. The first-order valence-electron chi connectivity index (χ1n) is 9.97. The van der Waals surface area contributed by atoms with Crippen molar-refractivity contribution in [2.24, 2.45) is 0 Å². The summed E-state index contributed by atoms with van der Waals surface area (Å²) in [5.41, 5.74) is 0.446. The highest BCUT2D eigenvalue weighted by Crippen LogP contribution is 2.38. The van der Waals surface area contributed by atoms with Crippen LogP contribution in [0.1, 0.15) is 43.0 Å². The number of carbonyl (C=O) groups is 3. The van der Waals surface area contributed by atoms with E-state index in [1.807, 2.05) is 0 Å². The molecule has 30 heavy (non-hydrogen) atoms. The Kier molecular flexibility index (Phi) is 8.76. The number of benzene rings is 1. The summed E-state index contributed by atoms with van der Waals surface area (Å²) in [4.78, 5) is 38.0. The molecule has 166 valence electrons. The van der Waals surface area contributed by atoms with Crippen molar-refractivity contribution in [2.45, 2.75) is 38.6 Å². The Morgan fingerprint density at radius 3 is 2.10 bits per heavy atom. The number of rotatable bonds is 9. The number of hydrogen-bond acceptors (Lipinski definition) is 7. The SMILES string of the molecule is CCOC(=O)CCC(=O)NC1CCN(C(=O)c2cc(OC)c(OC)c(OC)c2)CC1. The number of hydrogen-bond donors (Lipinski definition) is 1. The molecule has 0 aromatic heterocycles. The van der Waals surface area contributed by atoms with E-state index in [-0.39, 0.29) is 36.7 Å². The van der Waals surface area contributed by atoms with Crippen molar-refractivity contribution in [3.63, 3.8) is 0 Å². The highest BCUT2D eigenvalue weighted by atomic mass is 16.5. The second-order valence-corrected chi connectivity index (χ2v) is 6.85. The fourth-order valence-electron chi connectivity index (χ4n) is 3.36. The van der Waals surface area contributed by atoms with E-state index in [0.29, 0.717) is 55.4 Å². The molecule has 0 saturated carbocycles. The predicted molar refractivity (Wildman–Crippen MR) is 109 cm³/mol. The average Bonchev–Trinajstić information content (AvgIpc) is 2.76. The monoisotopic (exact) mass is 422 g/mol. The number of carbonyl (C=O) groups excluding carboxylic acids is 3. The molecule has 1 aromatic rings. The quantitative estimate of drug-likeness (QED) is 0.605. The molecule has 0 aliphatic carbocycles. The minimum absolute atomic E-state index is 0.0244. The molecule has 1 aliphatic heterocycles. The highest BCUT2D eigenvalue weighted by Gasteiger charge is 2.26. The molecule has 9 nitrogen and oxygen atoms in total. The van der Waals surface area contributed by atoms with Crippen LogP contribution >= 0.6 is 0 Å². The van der Waals surface area contributed by atoms with E-state index >= 15 is 0 Å². The van der Waals surface area contributed by atoms with Crippen molar-refractivity contribution in [3.8, 4) is 17.2 Å². The summed E-state index contributed by atoms with van der Waals surface area (Å²) in [6, 6.07) is 3.24. The number of ether oxygens (including phenoxy) is 4. The van der Waals surface area contributed by atoms with Gasteiger partial charge in [-0.15, -0.1) is 0 Å². The second kappa shape index (κ2) is 11.3. The Morgan fingerprint density at radius 1 is 1.00 bits per heavy atom. The summed E-state index contributed by atoms with van der Waals surface area (Å²) in [5.74, 6) is 0.575. The van der Waals surface area contributed by atoms with Gasteiger partial charge in [-0.3, -0.25) is 14.4 Å². The molecule has 1 aromatic carbocycles. The molecule has 1 saturated heterocycles. The van der Waals surface area contributed by atoms with Crippen molar-refractivity contribution in [3.05, 3.63) is 17.7 Å². The zero-order chi connectivity index (χ0) is 22.1. The lowest BCUT2D eigenvalue weighted by Crippen LogP contribution is -2.46. The Hall–Kier alpha value is -2.97. The Bertz CT molecular complexity index is 733. The van der Waals surface area contributed by atoms with Crippen LogP contribution < -0.4 is 19.5 Å². The lowest BCUT2D eigenvalue weighted by atomic mass is 10.0. The Balaban J connectivity index is 1.91. The minimum Gasteiger partial charge on any atom is -0.493 e. The van der Waals surface area contributed by atoms with Crippen molar-refractivity contribution in [2.75, 3.05) is 41.0 Å². The van der Waals surface area contributed by atoms with Gasteiger partial charge < -0.3 is 29.2 Å². The van der Waals surface area contributed by atoms with Crippen LogP contribution in [0, 0.1) is 0 Å². The first-order chi connectivity index (χ1) is 14.4. The van der Waals surface area contributed by atoms with Gasteiger partial charge in [-0.25, -0.2) is 0 Å². The molecule has 0 bridgehead atoms. The van der Waals surface area contributed by atoms with Crippen molar-refractivity contribution >= 4 is 17.8 Å². The molecule has 1 aliphatic rings. The fourth-order valence-corrected chi connectivity index (χ4v) is 3.36. The van der Waals surface area contributed by atoms with Crippen molar-refractivity contribution in [1.29, 1.82) is 0 Å². The van der Waals surface area contributed by atoms with E-state index in [1.54, 1.807) is 24.0 Å². The number of piperidine rings is 1. The van der Waals surface area contributed by atoms with Crippen LogP contribution in [-0.2, 0) is 14.3 Å². The summed E-state index contributed by atoms with van der Waals surface area (Å²) < 4.78 is 20.8. The predicted octanol–water partition coefficient (Wildman–Crippen LogP) is 1.78. The molecule has 2 rings (SSSR count). The van der Waals surface area contributed by atoms with Crippen LogP contribution in [0.2, 0.25) is 0 Å². The average molecular weight is 422 g/mol. The van der Waals surface area contributed by atoms with E-state index in [4.69, 9.17) is 18.9 Å². The summed E-state index contributed by atoms with van der Waals surface area (Å²) in [7, 11) is 4.51. The van der Waals surface area contributed by atoms with Crippen molar-refractivity contribution in [1.82, 2.24) is 10.2 Å². The first kappa shape index (κ1) is 23.3. The smallest absolute Gasteiger partial charge is 0.306 e. The van der Waals surface area contributed by atoms with Gasteiger partial charge in [0, 0.05) is 31.1 Å². The molecule has 1 fully saturated rings. The molecular formula is C21H30N2O7. The third kappa shape index (κ3) is 6.01. The third-order valence-corrected chi connectivity index (χ3v) is 4.92. The van der Waals surface area contributed by atoms with Crippen LogP contribution in [0.4, 0.5) is 0 Å². The zero-order valence-corrected chi connectivity index (χ0v) is 18.0. The van der Waals surface area contributed by atoms with E-state index in [9.17, 15) is 14.4 Å². The summed E-state index contributed by atoms with van der Waals surface area (Å²) in [6.07, 6.45) is 1.45. The third-order valence-electron chi connectivity index (χ3n) is 4.92. The van der Waals surface area contributed by atoms with Crippen LogP contribution in [-0.4, -0.2) is 69.8 Å². The lowest BCUT2D eigenvalue weighted by Gasteiger charge is -2.32. The van der Waals surface area contributed by atoms with Gasteiger partial charge in [0.1, 0.15) is 0 Å². The Morgan fingerprint density at radius 2 is 1.60 bits per heavy atom. The maximum absolute atomic E-state index is 12.9. The molecule has 1 N–H and O–H groups in total. The maximum Gasteiger partial charge on any atom is 0.306 e. The molecule has 0 atom stereocenters. The highest BCUT2D eigenvalue weighted by molar-refractivity contribution is 5.95. The lowest BCUT2D eigenvalue weighted by molar-refractivity contribution is -0.144. The van der Waals surface area contributed by atoms with Gasteiger partial charge in [0.05, 0.1) is 34.4 Å². The number of likely N-dealkylation sites (tertiary alicyclic amines) is 1. The fraction of sp³-hybridized carbons (Fsp3) is 0.571. The van der Waals surface area contributed by atoms with Gasteiger partial charge in [0.25, 0.3) is 5.91 Å². The molecule has 0 spiro atoms. The summed E-state index contributed by atoms with van der Waals surface area (Å²) in [5, 5.41) is 2.93. The van der Waals surface area contributed by atoms with Gasteiger partial charge >= 0.3 is 5.97 Å². The molecular weight excluding hydrogens is 392 g/mol. The van der Waals surface area contributed by atoms with E-state index in [1.165, 1.54) is 21.3 Å². The number of methoxy groups -OCH3 is 3. The number of nitrogens with zero attached hydrogens (tertiary/aromatic N) is 1. The Labute approximate surface area is 176 Å². The number of nitrogens with one attached hydrogen (secondary N) is 1. The number of amides is 2. The largest absolute Gasteiger partial charge is 0.493 e. The molecule has 0 unspecified atom stereocenters. The van der Waals surface area contributed by atoms with Crippen LogP contribution in [0.25, 0.3) is 0 Å². The number of esters is 1. The van der Waals surface area contributed by atoms with Crippen LogP contribution in [0.15, 0.2) is 12.1 Å². The first-order valence-corrected chi connectivity index (χ1v) is 9.97. The summed E-state index contributed by atoms with van der Waals surface area (Å²) in [6.45, 7) is 3.06. The molecule has 9 heteroatoms. The van der Waals surface area contributed by atoms with E-state index in [0.717, 1.165) is 0 Å². The minimum atomic E-state index is -0.376. The van der Waals surface area contributed by atoms with Gasteiger partial charge in [0.15, 0.2) is 11.5 Å². The van der Waals surface area contributed by atoms with Gasteiger partial charge in [-0.1, -0.05) is 0 Å². The topological polar surface area (TPSA) is 103 Å². The van der Waals surface area contributed by atoms with Crippen LogP contribution in [0.5, 0.6) is 17.2 Å². The second-order valence-electron chi connectivity index (χ2n) is 6.85. The standard InChI is InChI=1S/C21H30N2O7/c1-5-30-19(25)7-6-18(24)22-15-8-10-23(11-9-15)21(26)14-12-16(27-2)20(29-4)17(13-14)28-3/h12-13,15H,5-11H2,1-4H3,(H,22,24). The van der Waals surface area contributed by atoms with Crippen molar-refractivity contribution < 1.29 is 33.3 Å².